The van der Waals surface area contributed by atoms with E-state index in [9.17, 15) is 0 Å². The molecule has 2 aromatic rings. The third kappa shape index (κ3) is 7.72. The fourth-order valence-corrected chi connectivity index (χ4v) is 1.95. The minimum Gasteiger partial charge on any atom is -0.395 e. The Bertz CT molecular complexity index is 476. The standard InChI is InChI=1S/C9H7N.C5H11NO2.H4NO2P/c1-2-6-9-8(4-1)5-3-7-10-9;7-3-4-1-5(8)2-6-4;1-4(2)3/h1-7H;4-8H,1-3H2;2-3H,1H2/t;4-,5+;/m.0./s1. The molecule has 122 valence electrons. The highest BCUT2D eigenvalue weighted by Gasteiger charge is 2.20. The Labute approximate surface area is 130 Å². The van der Waals surface area contributed by atoms with Gasteiger partial charge in [-0.1, -0.05) is 24.3 Å². The molecule has 0 saturated carbocycles. The zero-order chi connectivity index (χ0) is 16.4. The van der Waals surface area contributed by atoms with E-state index in [0.29, 0.717) is 13.0 Å². The monoisotopic (exact) mass is 327 g/mol. The summed E-state index contributed by atoms with van der Waals surface area (Å²) in [7, 11) is -2.12. The van der Waals surface area contributed by atoms with Crippen molar-refractivity contribution in [1.82, 2.24) is 10.3 Å². The molecule has 8 heteroatoms. The van der Waals surface area contributed by atoms with Gasteiger partial charge in [0.25, 0.3) is 0 Å². The van der Waals surface area contributed by atoms with Crippen LogP contribution < -0.4 is 10.8 Å². The summed E-state index contributed by atoms with van der Waals surface area (Å²) >= 11 is 0. The topological polar surface area (TPSA) is 132 Å². The van der Waals surface area contributed by atoms with E-state index in [2.05, 4.69) is 27.9 Å². The summed E-state index contributed by atoms with van der Waals surface area (Å²) in [6.45, 7) is 0.766. The van der Waals surface area contributed by atoms with Crippen LogP contribution in [0.4, 0.5) is 0 Å². The number of hydrogen-bond donors (Lipinski definition) is 6. The van der Waals surface area contributed by atoms with Gasteiger partial charge in [-0.25, -0.2) is 0 Å². The number of benzene rings is 1. The van der Waals surface area contributed by atoms with Crippen LogP contribution in [-0.4, -0.2) is 50.3 Å². The van der Waals surface area contributed by atoms with E-state index in [-0.39, 0.29) is 18.8 Å². The molecule has 1 aromatic heterocycles. The van der Waals surface area contributed by atoms with Gasteiger partial charge in [0.2, 0.25) is 8.53 Å². The van der Waals surface area contributed by atoms with Crippen LogP contribution in [0.15, 0.2) is 42.6 Å². The van der Waals surface area contributed by atoms with Crippen molar-refractivity contribution >= 4 is 19.4 Å². The third-order valence-electron chi connectivity index (χ3n) is 2.93. The normalized spacial score (nSPS) is 20.1. The Kier molecular flexibility index (Phi) is 9.03. The van der Waals surface area contributed by atoms with Crippen LogP contribution in [0.5, 0.6) is 0 Å². The number of fused-ring (bicyclic) bond motifs is 1. The first kappa shape index (κ1) is 18.9. The first-order chi connectivity index (χ1) is 10.5. The van der Waals surface area contributed by atoms with Crippen molar-refractivity contribution in [2.45, 2.75) is 18.6 Å². The summed E-state index contributed by atoms with van der Waals surface area (Å²) in [6.07, 6.45) is 2.26. The van der Waals surface area contributed by atoms with E-state index in [1.807, 2.05) is 30.5 Å². The Morgan fingerprint density at radius 1 is 1.23 bits per heavy atom. The Balaban J connectivity index is 0.000000182. The molecular weight excluding hydrogens is 305 g/mol. The van der Waals surface area contributed by atoms with Gasteiger partial charge in [-0.15, -0.1) is 0 Å². The molecule has 3 rings (SSSR count). The number of nitrogens with one attached hydrogen (secondary N) is 1. The Morgan fingerprint density at radius 3 is 2.36 bits per heavy atom. The maximum Gasteiger partial charge on any atom is 0.247 e. The second-order valence-corrected chi connectivity index (χ2v) is 5.33. The van der Waals surface area contributed by atoms with Gasteiger partial charge in [-0.3, -0.25) is 10.5 Å². The number of para-hydroxylation sites is 1. The highest BCUT2D eigenvalue weighted by atomic mass is 31.2. The largest absolute Gasteiger partial charge is 0.395 e. The Morgan fingerprint density at radius 2 is 1.86 bits per heavy atom. The summed E-state index contributed by atoms with van der Waals surface area (Å²) in [5, 5.41) is 21.5. The van der Waals surface area contributed by atoms with Crippen molar-refractivity contribution in [1.29, 1.82) is 0 Å². The number of nitrogens with two attached hydrogens (primary N) is 1. The van der Waals surface area contributed by atoms with Gasteiger partial charge in [0.15, 0.2) is 0 Å². The van der Waals surface area contributed by atoms with Crippen LogP contribution in [0.2, 0.25) is 0 Å². The molecule has 0 unspecified atom stereocenters. The number of hydrogen-bond acceptors (Lipinski definition) is 7. The quantitative estimate of drug-likeness (QED) is 0.409. The first-order valence-electron chi connectivity index (χ1n) is 6.77. The SMILES string of the molecule is NP(O)O.OC[C@@H]1C[C@@H](O)CN1.c1ccc2ncccc2c1. The molecule has 0 radical (unpaired) electrons. The highest BCUT2D eigenvalue weighted by Crippen LogP contribution is 2.08. The second kappa shape index (κ2) is 10.5. The lowest BCUT2D eigenvalue weighted by Crippen LogP contribution is -2.24. The van der Waals surface area contributed by atoms with Gasteiger partial charge in [0.05, 0.1) is 18.2 Å². The maximum absolute atomic E-state index is 8.86. The molecule has 0 spiro atoms. The lowest BCUT2D eigenvalue weighted by atomic mass is 10.2. The molecule has 1 fully saturated rings. The van der Waals surface area contributed by atoms with Gasteiger partial charge in [-0.2, -0.15) is 0 Å². The number of aliphatic hydroxyl groups is 2. The van der Waals surface area contributed by atoms with Crippen molar-refractivity contribution in [2.24, 2.45) is 5.50 Å². The molecule has 0 bridgehead atoms. The second-order valence-electron chi connectivity index (χ2n) is 4.69. The van der Waals surface area contributed by atoms with E-state index in [0.717, 1.165) is 5.52 Å². The predicted molar refractivity (Wildman–Crippen MR) is 86.8 cm³/mol. The molecule has 1 aromatic carbocycles. The van der Waals surface area contributed by atoms with E-state index in [1.165, 1.54) is 5.39 Å². The average molecular weight is 327 g/mol. The van der Waals surface area contributed by atoms with E-state index < -0.39 is 8.53 Å². The summed E-state index contributed by atoms with van der Waals surface area (Å²) in [5.41, 5.74) is 5.35. The molecular formula is C14H22N3O4P. The molecule has 0 aliphatic carbocycles. The molecule has 1 saturated heterocycles. The van der Waals surface area contributed by atoms with Crippen LogP contribution in [-0.2, 0) is 0 Å². The number of pyridine rings is 1. The first-order valence-corrected chi connectivity index (χ1v) is 8.09. The van der Waals surface area contributed by atoms with Gasteiger partial charge in [0.1, 0.15) is 0 Å². The molecule has 1 aliphatic rings. The van der Waals surface area contributed by atoms with Crippen molar-refractivity contribution in [3.8, 4) is 0 Å². The molecule has 2 atom stereocenters. The average Bonchev–Trinajstić information content (AvgIpc) is 2.93. The summed E-state index contributed by atoms with van der Waals surface area (Å²) in [5.74, 6) is 0. The van der Waals surface area contributed by atoms with E-state index in [4.69, 9.17) is 20.0 Å². The molecule has 22 heavy (non-hydrogen) atoms. The van der Waals surface area contributed by atoms with Gasteiger partial charge in [0, 0.05) is 24.2 Å². The van der Waals surface area contributed by atoms with Gasteiger partial charge < -0.3 is 25.3 Å². The molecule has 0 amide bonds. The molecule has 7 nitrogen and oxygen atoms in total. The Hall–Kier alpha value is -1.18. The van der Waals surface area contributed by atoms with Crippen molar-refractivity contribution in [3.63, 3.8) is 0 Å². The van der Waals surface area contributed by atoms with Gasteiger partial charge >= 0.3 is 0 Å². The number of nitrogens with zero attached hydrogens (tertiary/aromatic N) is 1. The maximum atomic E-state index is 8.86. The highest BCUT2D eigenvalue weighted by molar-refractivity contribution is 7.42. The summed E-state index contributed by atoms with van der Waals surface area (Å²) in [6, 6.07) is 12.2. The lowest BCUT2D eigenvalue weighted by molar-refractivity contribution is 0.184. The number of β-amino-alcohol motifs (C(OH)–C–C–N with tert-alkyl or cyclic N) is 1. The number of aromatic nitrogens is 1. The van der Waals surface area contributed by atoms with Crippen molar-refractivity contribution in [2.75, 3.05) is 13.2 Å². The van der Waals surface area contributed by atoms with Crippen molar-refractivity contribution in [3.05, 3.63) is 42.6 Å². The van der Waals surface area contributed by atoms with Crippen LogP contribution >= 0.6 is 8.53 Å². The minimum atomic E-state index is -2.12. The molecule has 1 aliphatic heterocycles. The number of aliphatic hydroxyl groups excluding tert-OH is 2. The minimum absolute atomic E-state index is 0.130. The molecule has 7 N–H and O–H groups in total. The van der Waals surface area contributed by atoms with Crippen LogP contribution in [0.1, 0.15) is 6.42 Å². The lowest BCUT2D eigenvalue weighted by Gasteiger charge is -2.01. The third-order valence-corrected chi connectivity index (χ3v) is 2.93. The predicted octanol–water partition coefficient (Wildman–Crippen LogP) is 0.0929. The van der Waals surface area contributed by atoms with Gasteiger partial charge in [-0.05, 0) is 18.6 Å². The zero-order valence-electron chi connectivity index (χ0n) is 12.1. The summed E-state index contributed by atoms with van der Waals surface area (Å²) < 4.78 is 0. The fourth-order valence-electron chi connectivity index (χ4n) is 1.95. The van der Waals surface area contributed by atoms with Crippen molar-refractivity contribution < 1.29 is 20.0 Å². The summed E-state index contributed by atoms with van der Waals surface area (Å²) in [4.78, 5) is 19.1. The van der Waals surface area contributed by atoms with Crippen LogP contribution in [0.25, 0.3) is 10.9 Å². The van der Waals surface area contributed by atoms with Crippen LogP contribution in [0, 0.1) is 0 Å². The van der Waals surface area contributed by atoms with Crippen LogP contribution in [0.3, 0.4) is 0 Å². The fraction of sp³-hybridized carbons (Fsp3) is 0.357. The van der Waals surface area contributed by atoms with E-state index >= 15 is 0 Å². The molecule has 2 heterocycles. The van der Waals surface area contributed by atoms with E-state index in [1.54, 1.807) is 0 Å². The zero-order valence-corrected chi connectivity index (χ0v) is 13.0. The number of rotatable bonds is 1. The smallest absolute Gasteiger partial charge is 0.247 e.